The van der Waals surface area contributed by atoms with Gasteiger partial charge in [0.05, 0.1) is 19.6 Å². The standard InChI is InChI=1S/C18H19NO5/c1-23-15-9-5-6-10-16(15)24-12-17(20)19-14(11-18(21)22)13-7-3-2-4-8-13/h2-10,14H,11-12H2,1H3,(H,19,20)(H,21,22)/t14-/m0/s1. The van der Waals surface area contributed by atoms with Crippen molar-refractivity contribution in [2.75, 3.05) is 13.7 Å². The Morgan fingerprint density at radius 1 is 1.04 bits per heavy atom. The van der Waals surface area contributed by atoms with Crippen molar-refractivity contribution in [3.63, 3.8) is 0 Å². The van der Waals surface area contributed by atoms with Gasteiger partial charge in [-0.1, -0.05) is 42.5 Å². The Morgan fingerprint density at radius 2 is 1.67 bits per heavy atom. The van der Waals surface area contributed by atoms with E-state index in [0.717, 1.165) is 5.56 Å². The fourth-order valence-electron chi connectivity index (χ4n) is 2.23. The number of methoxy groups -OCH3 is 1. The monoisotopic (exact) mass is 329 g/mol. The molecule has 0 heterocycles. The van der Waals surface area contributed by atoms with Gasteiger partial charge in [-0.3, -0.25) is 9.59 Å². The molecule has 0 bridgehead atoms. The van der Waals surface area contributed by atoms with Crippen LogP contribution in [0.1, 0.15) is 18.0 Å². The van der Waals surface area contributed by atoms with Crippen LogP contribution >= 0.6 is 0 Å². The minimum Gasteiger partial charge on any atom is -0.493 e. The number of hydrogen-bond acceptors (Lipinski definition) is 4. The maximum Gasteiger partial charge on any atom is 0.305 e. The van der Waals surface area contributed by atoms with E-state index < -0.39 is 17.9 Å². The van der Waals surface area contributed by atoms with Crippen LogP contribution in [0.2, 0.25) is 0 Å². The van der Waals surface area contributed by atoms with Crippen LogP contribution < -0.4 is 14.8 Å². The van der Waals surface area contributed by atoms with E-state index in [-0.39, 0.29) is 13.0 Å². The largest absolute Gasteiger partial charge is 0.493 e. The number of carboxylic acids is 1. The number of ether oxygens (including phenoxy) is 2. The number of nitrogens with one attached hydrogen (secondary N) is 1. The Labute approximate surface area is 140 Å². The summed E-state index contributed by atoms with van der Waals surface area (Å²) in [6.07, 6.45) is -0.204. The fourth-order valence-corrected chi connectivity index (χ4v) is 2.23. The second-order valence-electron chi connectivity index (χ2n) is 5.07. The Bertz CT molecular complexity index is 687. The van der Waals surface area contributed by atoms with Crippen molar-refractivity contribution in [3.05, 3.63) is 60.2 Å². The number of amides is 1. The Balaban J connectivity index is 1.99. The summed E-state index contributed by atoms with van der Waals surface area (Å²) >= 11 is 0. The predicted molar refractivity (Wildman–Crippen MR) is 88.1 cm³/mol. The lowest BCUT2D eigenvalue weighted by Gasteiger charge is -2.18. The summed E-state index contributed by atoms with van der Waals surface area (Å²) in [6, 6.07) is 15.3. The molecule has 0 aromatic heterocycles. The van der Waals surface area contributed by atoms with E-state index >= 15 is 0 Å². The van der Waals surface area contributed by atoms with E-state index in [4.69, 9.17) is 14.6 Å². The fraction of sp³-hybridized carbons (Fsp3) is 0.222. The lowest BCUT2D eigenvalue weighted by molar-refractivity contribution is -0.137. The minimum absolute atomic E-state index is 0.204. The number of para-hydroxylation sites is 2. The molecule has 2 aromatic carbocycles. The van der Waals surface area contributed by atoms with E-state index in [1.807, 2.05) is 6.07 Å². The smallest absolute Gasteiger partial charge is 0.305 e. The highest BCUT2D eigenvalue weighted by Gasteiger charge is 2.18. The number of hydrogen-bond donors (Lipinski definition) is 2. The van der Waals surface area contributed by atoms with E-state index in [1.165, 1.54) is 7.11 Å². The van der Waals surface area contributed by atoms with Gasteiger partial charge in [0.25, 0.3) is 5.91 Å². The normalized spacial score (nSPS) is 11.4. The number of carboxylic acid groups (broad SMARTS) is 1. The molecule has 2 N–H and O–H groups in total. The maximum absolute atomic E-state index is 12.1. The average Bonchev–Trinajstić information content (AvgIpc) is 2.60. The van der Waals surface area contributed by atoms with Gasteiger partial charge in [-0.25, -0.2) is 0 Å². The lowest BCUT2D eigenvalue weighted by Crippen LogP contribution is -2.33. The van der Waals surface area contributed by atoms with Crippen LogP contribution in [0.15, 0.2) is 54.6 Å². The highest BCUT2D eigenvalue weighted by atomic mass is 16.5. The molecule has 0 radical (unpaired) electrons. The number of benzene rings is 2. The number of rotatable bonds is 8. The second kappa shape index (κ2) is 8.57. The zero-order valence-corrected chi connectivity index (χ0v) is 13.3. The Kier molecular flexibility index (Phi) is 6.19. The zero-order chi connectivity index (χ0) is 17.4. The van der Waals surface area contributed by atoms with Crippen molar-refractivity contribution in [2.24, 2.45) is 0 Å². The molecular weight excluding hydrogens is 310 g/mol. The maximum atomic E-state index is 12.1. The SMILES string of the molecule is COc1ccccc1OCC(=O)N[C@@H](CC(=O)O)c1ccccc1. The van der Waals surface area contributed by atoms with Crippen molar-refractivity contribution in [1.29, 1.82) is 0 Å². The van der Waals surface area contributed by atoms with Gasteiger partial charge in [0, 0.05) is 0 Å². The van der Waals surface area contributed by atoms with Gasteiger partial charge in [0.1, 0.15) is 0 Å². The summed E-state index contributed by atoms with van der Waals surface area (Å²) in [4.78, 5) is 23.1. The molecule has 0 aliphatic carbocycles. The molecule has 6 nitrogen and oxygen atoms in total. The molecule has 2 aromatic rings. The molecule has 0 aliphatic heterocycles. The Morgan fingerprint density at radius 3 is 2.29 bits per heavy atom. The van der Waals surface area contributed by atoms with Gasteiger partial charge in [0.15, 0.2) is 18.1 Å². The van der Waals surface area contributed by atoms with Crippen LogP contribution in [0.5, 0.6) is 11.5 Å². The molecule has 6 heteroatoms. The summed E-state index contributed by atoms with van der Waals surface area (Å²) in [5.41, 5.74) is 0.727. The van der Waals surface area contributed by atoms with Crippen LogP contribution in [0.25, 0.3) is 0 Å². The van der Waals surface area contributed by atoms with Crippen molar-refractivity contribution in [3.8, 4) is 11.5 Å². The molecule has 2 rings (SSSR count). The van der Waals surface area contributed by atoms with Gasteiger partial charge in [0.2, 0.25) is 0 Å². The third-order valence-electron chi connectivity index (χ3n) is 3.34. The molecule has 0 aliphatic rings. The Hall–Kier alpha value is -3.02. The number of carbonyl (C=O) groups is 2. The molecule has 0 fully saturated rings. The molecular formula is C18H19NO5. The van der Waals surface area contributed by atoms with E-state index in [1.54, 1.807) is 48.5 Å². The van der Waals surface area contributed by atoms with Crippen molar-refractivity contribution < 1.29 is 24.2 Å². The lowest BCUT2D eigenvalue weighted by atomic mass is 10.0. The van der Waals surface area contributed by atoms with Crippen molar-refractivity contribution in [1.82, 2.24) is 5.32 Å². The molecule has 0 unspecified atom stereocenters. The molecule has 126 valence electrons. The molecule has 1 amide bonds. The molecule has 24 heavy (non-hydrogen) atoms. The van der Waals surface area contributed by atoms with Crippen LogP contribution in [0.4, 0.5) is 0 Å². The summed E-state index contributed by atoms with van der Waals surface area (Å²) < 4.78 is 10.6. The molecule has 0 saturated heterocycles. The van der Waals surface area contributed by atoms with Crippen LogP contribution in [0, 0.1) is 0 Å². The number of aliphatic carboxylic acids is 1. The summed E-state index contributed by atoms with van der Waals surface area (Å²) in [5.74, 6) is -0.425. The first-order chi connectivity index (χ1) is 11.6. The second-order valence-corrected chi connectivity index (χ2v) is 5.07. The van der Waals surface area contributed by atoms with Gasteiger partial charge in [-0.2, -0.15) is 0 Å². The van der Waals surface area contributed by atoms with Crippen LogP contribution in [-0.2, 0) is 9.59 Å². The highest BCUT2D eigenvalue weighted by molar-refractivity contribution is 5.79. The van der Waals surface area contributed by atoms with E-state index in [0.29, 0.717) is 11.5 Å². The van der Waals surface area contributed by atoms with Gasteiger partial charge >= 0.3 is 5.97 Å². The van der Waals surface area contributed by atoms with Crippen LogP contribution in [-0.4, -0.2) is 30.7 Å². The first-order valence-corrected chi connectivity index (χ1v) is 7.42. The van der Waals surface area contributed by atoms with Crippen molar-refractivity contribution >= 4 is 11.9 Å². The quantitative estimate of drug-likeness (QED) is 0.777. The topological polar surface area (TPSA) is 84.9 Å². The third kappa shape index (κ3) is 5.01. The van der Waals surface area contributed by atoms with Crippen LogP contribution in [0.3, 0.4) is 0 Å². The first kappa shape index (κ1) is 17.3. The summed E-state index contributed by atoms with van der Waals surface area (Å²) in [7, 11) is 1.51. The first-order valence-electron chi connectivity index (χ1n) is 7.42. The molecule has 1 atom stereocenters. The zero-order valence-electron chi connectivity index (χ0n) is 13.3. The molecule has 0 saturated carbocycles. The minimum atomic E-state index is -0.991. The van der Waals surface area contributed by atoms with Crippen molar-refractivity contribution in [2.45, 2.75) is 12.5 Å². The van der Waals surface area contributed by atoms with Gasteiger partial charge < -0.3 is 19.9 Å². The van der Waals surface area contributed by atoms with E-state index in [2.05, 4.69) is 5.32 Å². The summed E-state index contributed by atoms with van der Waals surface area (Å²) in [6.45, 7) is -0.233. The van der Waals surface area contributed by atoms with Gasteiger partial charge in [-0.05, 0) is 17.7 Å². The molecule has 0 spiro atoms. The predicted octanol–water partition coefficient (Wildman–Crippen LogP) is 2.41. The van der Waals surface area contributed by atoms with E-state index in [9.17, 15) is 9.59 Å². The van der Waals surface area contributed by atoms with Gasteiger partial charge in [-0.15, -0.1) is 0 Å². The number of carbonyl (C=O) groups excluding carboxylic acids is 1. The summed E-state index contributed by atoms with van der Waals surface area (Å²) in [5, 5.41) is 11.7. The third-order valence-corrected chi connectivity index (χ3v) is 3.34. The average molecular weight is 329 g/mol. The highest BCUT2D eigenvalue weighted by Crippen LogP contribution is 2.25.